The van der Waals surface area contributed by atoms with E-state index in [1.165, 1.54) is 0 Å². The van der Waals surface area contributed by atoms with Gasteiger partial charge >= 0.3 is 7.82 Å². The molecule has 0 radical (unpaired) electrons. The topological polar surface area (TPSA) is 55.8 Å². The van der Waals surface area contributed by atoms with Gasteiger partial charge in [-0.3, -0.25) is 9.05 Å². The predicted molar refractivity (Wildman–Crippen MR) is 34.2 cm³/mol. The van der Waals surface area contributed by atoms with E-state index >= 15 is 0 Å². The molecule has 0 aromatic rings. The first-order valence-corrected chi connectivity index (χ1v) is 3.06. The van der Waals surface area contributed by atoms with Gasteiger partial charge in [-0.2, -0.15) is 0 Å². The number of halogens is 1. The molecule has 0 amide bonds. The first-order valence-electron chi connectivity index (χ1n) is 1.56. The summed E-state index contributed by atoms with van der Waals surface area (Å²) in [5, 5.41) is 0. The largest absolute Gasteiger partial charge is 0.471 e. The number of hydrogen-bond acceptors (Lipinski definition) is 3. The molecule has 0 atom stereocenters. The Morgan fingerprint density at radius 3 is 1.62 bits per heavy atom. The molecule has 0 aromatic carbocycles. The third-order valence-corrected chi connectivity index (χ3v) is 1.38. The maximum atomic E-state index is 10.1. The lowest BCUT2D eigenvalue weighted by Crippen LogP contribution is -1.83. The van der Waals surface area contributed by atoms with Gasteiger partial charge in [0, 0.05) is 14.2 Å². The van der Waals surface area contributed by atoms with Crippen LogP contribution in [0, 0.1) is 0 Å². The van der Waals surface area contributed by atoms with Crippen LogP contribution in [0.2, 0.25) is 0 Å². The molecule has 8 heavy (non-hydrogen) atoms. The summed E-state index contributed by atoms with van der Waals surface area (Å²) in [6, 6.07) is 0. The smallest absolute Gasteiger partial charge is 0.303 e. The van der Waals surface area contributed by atoms with Gasteiger partial charge in [0.25, 0.3) is 0 Å². The first-order chi connectivity index (χ1) is 3.12. The van der Waals surface area contributed by atoms with Gasteiger partial charge in [-0.15, -0.1) is 17.0 Å². The highest BCUT2D eigenvalue weighted by molar-refractivity contribution is 8.93. The third kappa shape index (κ3) is 4.74. The second-order valence-corrected chi connectivity index (χ2v) is 2.50. The average molecular weight is 207 g/mol. The molecule has 0 aliphatic heterocycles. The van der Waals surface area contributed by atoms with Gasteiger partial charge < -0.3 is 4.89 Å². The van der Waals surface area contributed by atoms with Crippen molar-refractivity contribution in [3.05, 3.63) is 0 Å². The van der Waals surface area contributed by atoms with Crippen molar-refractivity contribution in [2.24, 2.45) is 0 Å². The Bertz CT molecular complexity index is 86.0. The highest BCUT2D eigenvalue weighted by Crippen LogP contribution is 2.40. The van der Waals surface area contributed by atoms with Crippen molar-refractivity contribution in [1.82, 2.24) is 0 Å². The van der Waals surface area contributed by atoms with Gasteiger partial charge in [0.15, 0.2) is 0 Å². The molecule has 0 unspecified atom stereocenters. The van der Waals surface area contributed by atoms with Gasteiger partial charge in [-0.25, -0.2) is 4.57 Å². The fourth-order valence-electron chi connectivity index (χ4n) is 0.0745. The first kappa shape index (κ1) is 11.4. The van der Waals surface area contributed by atoms with Crippen LogP contribution in [0.3, 0.4) is 0 Å². The zero-order valence-corrected chi connectivity index (χ0v) is 7.13. The second-order valence-electron chi connectivity index (χ2n) is 0.834. The van der Waals surface area contributed by atoms with E-state index in [0.29, 0.717) is 0 Å². The molecule has 0 aromatic heterocycles. The lowest BCUT2D eigenvalue weighted by atomic mass is 11.8. The molecular formula is C2H8BrO4P. The summed E-state index contributed by atoms with van der Waals surface area (Å²) in [6.45, 7) is 0. The lowest BCUT2D eigenvalue weighted by Gasteiger charge is -2.01. The Hall–Kier alpha value is 0.590. The normalized spacial score (nSPS) is 10.4. The van der Waals surface area contributed by atoms with Crippen LogP contribution in [0.1, 0.15) is 0 Å². The van der Waals surface area contributed by atoms with E-state index < -0.39 is 7.82 Å². The Kier molecular flexibility index (Phi) is 6.36. The second kappa shape index (κ2) is 4.47. The molecule has 1 N–H and O–H groups in total. The molecule has 0 spiro atoms. The van der Waals surface area contributed by atoms with E-state index in [0.717, 1.165) is 14.2 Å². The Balaban J connectivity index is 0. The monoisotopic (exact) mass is 206 g/mol. The number of phosphoric acid groups is 1. The molecule has 0 saturated carbocycles. The van der Waals surface area contributed by atoms with E-state index in [-0.39, 0.29) is 17.0 Å². The minimum Gasteiger partial charge on any atom is -0.303 e. The van der Waals surface area contributed by atoms with Gasteiger partial charge in [-0.1, -0.05) is 0 Å². The molecule has 6 heteroatoms. The van der Waals surface area contributed by atoms with Crippen molar-refractivity contribution in [1.29, 1.82) is 0 Å². The van der Waals surface area contributed by atoms with Gasteiger partial charge in [0.1, 0.15) is 0 Å². The minimum absolute atomic E-state index is 0. The summed E-state index contributed by atoms with van der Waals surface area (Å²) in [4.78, 5) is 8.24. The quantitative estimate of drug-likeness (QED) is 0.685. The van der Waals surface area contributed by atoms with E-state index in [9.17, 15) is 4.57 Å². The fraction of sp³-hybridized carbons (Fsp3) is 1.00. The van der Waals surface area contributed by atoms with Crippen molar-refractivity contribution in [2.45, 2.75) is 0 Å². The van der Waals surface area contributed by atoms with Crippen molar-refractivity contribution in [3.8, 4) is 0 Å². The Labute approximate surface area is 58.2 Å². The average Bonchev–Trinajstić information content (AvgIpc) is 1.68. The number of phosphoric ester groups is 1. The lowest BCUT2D eigenvalue weighted by molar-refractivity contribution is 0.204. The van der Waals surface area contributed by atoms with E-state index in [1.807, 2.05) is 0 Å². The standard InChI is InChI=1S/C2H7O4P.BrH/c1-5-7(3,4)6-2;/h1-2H3,(H,3,4);1H. The third-order valence-electron chi connectivity index (χ3n) is 0.461. The summed E-state index contributed by atoms with van der Waals surface area (Å²) in [7, 11) is -1.45. The van der Waals surface area contributed by atoms with Crippen LogP contribution in [-0.4, -0.2) is 19.1 Å². The Morgan fingerprint density at radius 2 is 1.62 bits per heavy atom. The van der Waals surface area contributed by atoms with Crippen molar-refractivity contribution in [2.75, 3.05) is 14.2 Å². The molecule has 0 aliphatic carbocycles. The van der Waals surface area contributed by atoms with E-state index in [4.69, 9.17) is 4.89 Å². The summed E-state index contributed by atoms with van der Waals surface area (Å²) >= 11 is 0. The zero-order valence-electron chi connectivity index (χ0n) is 4.53. The van der Waals surface area contributed by atoms with Gasteiger partial charge in [0.2, 0.25) is 0 Å². The van der Waals surface area contributed by atoms with Crippen molar-refractivity contribution < 1.29 is 18.5 Å². The van der Waals surface area contributed by atoms with Crippen LogP contribution >= 0.6 is 24.8 Å². The van der Waals surface area contributed by atoms with Crippen molar-refractivity contribution >= 4 is 24.8 Å². The highest BCUT2D eigenvalue weighted by Gasteiger charge is 2.13. The van der Waals surface area contributed by atoms with Crippen molar-refractivity contribution in [3.63, 3.8) is 0 Å². The summed E-state index contributed by atoms with van der Waals surface area (Å²) < 4.78 is 18.0. The maximum Gasteiger partial charge on any atom is 0.471 e. The van der Waals surface area contributed by atoms with Crippen LogP contribution in [0.25, 0.3) is 0 Å². The summed E-state index contributed by atoms with van der Waals surface area (Å²) in [5.41, 5.74) is 0. The highest BCUT2D eigenvalue weighted by atomic mass is 79.9. The molecule has 0 bridgehead atoms. The molecular weight excluding hydrogens is 199 g/mol. The van der Waals surface area contributed by atoms with E-state index in [2.05, 4.69) is 9.05 Å². The zero-order chi connectivity index (χ0) is 5.91. The molecule has 52 valence electrons. The van der Waals surface area contributed by atoms with Crippen LogP contribution in [0.5, 0.6) is 0 Å². The fourth-order valence-corrected chi connectivity index (χ4v) is 0.224. The number of hydrogen-bond donors (Lipinski definition) is 1. The van der Waals surface area contributed by atoms with Crippen LogP contribution < -0.4 is 0 Å². The summed E-state index contributed by atoms with van der Waals surface area (Å²) in [6.07, 6.45) is 0. The van der Waals surface area contributed by atoms with Crippen LogP contribution in [0.4, 0.5) is 0 Å². The molecule has 4 nitrogen and oxygen atoms in total. The Morgan fingerprint density at radius 1 is 1.38 bits per heavy atom. The minimum atomic E-state index is -3.65. The molecule has 0 heterocycles. The van der Waals surface area contributed by atoms with Crippen LogP contribution in [0.15, 0.2) is 0 Å². The predicted octanol–water partition coefficient (Wildman–Crippen LogP) is 0.957. The van der Waals surface area contributed by atoms with E-state index in [1.54, 1.807) is 0 Å². The number of rotatable bonds is 2. The molecule has 0 rings (SSSR count). The van der Waals surface area contributed by atoms with Crippen LogP contribution in [-0.2, 0) is 13.6 Å². The molecule has 0 fully saturated rings. The van der Waals surface area contributed by atoms with Gasteiger partial charge in [0.05, 0.1) is 0 Å². The maximum absolute atomic E-state index is 10.1. The summed E-state index contributed by atoms with van der Waals surface area (Å²) in [5.74, 6) is 0. The van der Waals surface area contributed by atoms with Gasteiger partial charge in [-0.05, 0) is 0 Å². The molecule has 0 aliphatic rings. The SMILES string of the molecule is Br.COP(=O)(O)OC. The molecule has 0 saturated heterocycles.